The van der Waals surface area contributed by atoms with Gasteiger partial charge in [0.25, 0.3) is 0 Å². The zero-order valence-corrected chi connectivity index (χ0v) is 14.8. The minimum atomic E-state index is 1.10. The molecule has 0 saturated carbocycles. The zero-order chi connectivity index (χ0) is 17.6. The summed E-state index contributed by atoms with van der Waals surface area (Å²) in [5.41, 5.74) is 7.65. The molecular formula is C26H22. The van der Waals surface area contributed by atoms with Crippen molar-refractivity contribution in [1.82, 2.24) is 0 Å². The van der Waals surface area contributed by atoms with Crippen LogP contribution in [0.2, 0.25) is 0 Å². The van der Waals surface area contributed by atoms with Crippen LogP contribution >= 0.6 is 0 Å². The van der Waals surface area contributed by atoms with Crippen molar-refractivity contribution < 1.29 is 0 Å². The lowest BCUT2D eigenvalue weighted by Gasteiger charge is -2.20. The van der Waals surface area contributed by atoms with Crippen LogP contribution in [0.25, 0.3) is 11.1 Å². The highest BCUT2D eigenvalue weighted by Crippen LogP contribution is 2.38. The van der Waals surface area contributed by atoms with E-state index in [0.717, 1.165) is 12.8 Å². The molecule has 0 aliphatic heterocycles. The van der Waals surface area contributed by atoms with E-state index in [-0.39, 0.29) is 0 Å². The third kappa shape index (κ3) is 3.45. The molecule has 0 N–H and O–H groups in total. The third-order valence-corrected chi connectivity index (χ3v) is 4.72. The molecule has 0 bridgehead atoms. The molecule has 0 radical (unpaired) electrons. The van der Waals surface area contributed by atoms with Crippen LogP contribution in [0.4, 0.5) is 0 Å². The maximum atomic E-state index is 2.37. The van der Waals surface area contributed by atoms with E-state index in [2.05, 4.69) is 109 Å². The first-order chi connectivity index (χ1) is 12.9. The first-order valence-corrected chi connectivity index (χ1v) is 9.21. The maximum absolute atomic E-state index is 2.37. The molecule has 0 unspecified atom stereocenters. The van der Waals surface area contributed by atoms with Crippen molar-refractivity contribution in [2.45, 2.75) is 12.8 Å². The highest BCUT2D eigenvalue weighted by molar-refractivity contribution is 6.05. The van der Waals surface area contributed by atoms with Crippen molar-refractivity contribution in [3.63, 3.8) is 0 Å². The SMILES string of the molecule is C1=CC(C(=C(c2ccccc2)c2ccccc2)c2ccccc2)=CCC1. The van der Waals surface area contributed by atoms with Crippen LogP contribution in [0.1, 0.15) is 29.5 Å². The van der Waals surface area contributed by atoms with Gasteiger partial charge in [0.05, 0.1) is 0 Å². The Kier molecular flexibility index (Phi) is 4.93. The molecule has 26 heavy (non-hydrogen) atoms. The van der Waals surface area contributed by atoms with Crippen LogP contribution in [0.15, 0.2) is 115 Å². The average Bonchev–Trinajstić information content (AvgIpc) is 2.74. The minimum absolute atomic E-state index is 1.10. The maximum Gasteiger partial charge on any atom is -0.00269 e. The van der Waals surface area contributed by atoms with Gasteiger partial charge in [0, 0.05) is 0 Å². The number of hydrogen-bond acceptors (Lipinski definition) is 0. The van der Waals surface area contributed by atoms with Gasteiger partial charge in [-0.3, -0.25) is 0 Å². The number of hydrogen-bond donors (Lipinski definition) is 0. The molecule has 0 spiro atoms. The van der Waals surface area contributed by atoms with Gasteiger partial charge in [0.15, 0.2) is 0 Å². The van der Waals surface area contributed by atoms with Crippen LogP contribution in [-0.2, 0) is 0 Å². The molecule has 1 aliphatic carbocycles. The Balaban J connectivity index is 2.05. The summed E-state index contributed by atoms with van der Waals surface area (Å²) in [6.45, 7) is 0. The van der Waals surface area contributed by atoms with Crippen molar-refractivity contribution in [2.75, 3.05) is 0 Å². The number of benzene rings is 3. The second kappa shape index (κ2) is 7.84. The fourth-order valence-electron chi connectivity index (χ4n) is 3.52. The second-order valence-corrected chi connectivity index (χ2v) is 6.49. The average molecular weight is 334 g/mol. The summed E-state index contributed by atoms with van der Waals surface area (Å²) >= 11 is 0. The van der Waals surface area contributed by atoms with E-state index in [1.54, 1.807) is 0 Å². The molecule has 3 aromatic rings. The van der Waals surface area contributed by atoms with Gasteiger partial charge >= 0.3 is 0 Å². The first-order valence-electron chi connectivity index (χ1n) is 9.21. The molecule has 0 heteroatoms. The predicted molar refractivity (Wildman–Crippen MR) is 112 cm³/mol. The van der Waals surface area contributed by atoms with Gasteiger partial charge in [0.1, 0.15) is 0 Å². The van der Waals surface area contributed by atoms with Crippen LogP contribution in [0.3, 0.4) is 0 Å². The highest BCUT2D eigenvalue weighted by Gasteiger charge is 2.16. The standard InChI is InChI=1S/C26H22/c1-5-13-21(14-6-1)25(22-15-7-2-8-16-22)26(23-17-9-3-10-18-23)24-19-11-4-12-20-24/h1-3,5-11,13-20H,4,12H2. The van der Waals surface area contributed by atoms with Gasteiger partial charge in [0.2, 0.25) is 0 Å². The van der Waals surface area contributed by atoms with Crippen LogP contribution < -0.4 is 0 Å². The molecule has 4 rings (SSSR count). The normalized spacial score (nSPS) is 13.2. The molecule has 0 atom stereocenters. The van der Waals surface area contributed by atoms with Gasteiger partial charge in [-0.15, -0.1) is 0 Å². The van der Waals surface area contributed by atoms with Crippen molar-refractivity contribution in [3.05, 3.63) is 131 Å². The highest BCUT2D eigenvalue weighted by atomic mass is 14.2. The topological polar surface area (TPSA) is 0 Å². The van der Waals surface area contributed by atoms with Crippen molar-refractivity contribution in [1.29, 1.82) is 0 Å². The summed E-state index contributed by atoms with van der Waals surface area (Å²) in [5.74, 6) is 0. The van der Waals surface area contributed by atoms with E-state index >= 15 is 0 Å². The van der Waals surface area contributed by atoms with Gasteiger partial charge in [-0.2, -0.15) is 0 Å². The predicted octanol–water partition coefficient (Wildman–Crippen LogP) is 6.92. The second-order valence-electron chi connectivity index (χ2n) is 6.49. The molecule has 1 aliphatic rings. The zero-order valence-electron chi connectivity index (χ0n) is 14.8. The quantitative estimate of drug-likeness (QED) is 0.454. The van der Waals surface area contributed by atoms with E-state index in [9.17, 15) is 0 Å². The Labute approximate surface area is 155 Å². The van der Waals surface area contributed by atoms with Crippen LogP contribution in [0.5, 0.6) is 0 Å². The smallest absolute Gasteiger partial charge is 0.00269 e. The van der Waals surface area contributed by atoms with E-state index in [0.29, 0.717) is 0 Å². The largest absolute Gasteiger partial charge is 0.0836 e. The molecule has 0 heterocycles. The van der Waals surface area contributed by atoms with Crippen LogP contribution in [0, 0.1) is 0 Å². The lowest BCUT2D eigenvalue weighted by Crippen LogP contribution is -1.99. The van der Waals surface area contributed by atoms with Crippen molar-refractivity contribution in [2.24, 2.45) is 0 Å². The molecule has 0 saturated heterocycles. The lowest BCUT2D eigenvalue weighted by molar-refractivity contribution is 1.03. The van der Waals surface area contributed by atoms with Gasteiger partial charge in [-0.25, -0.2) is 0 Å². The minimum Gasteiger partial charge on any atom is -0.0836 e. The van der Waals surface area contributed by atoms with E-state index in [4.69, 9.17) is 0 Å². The molecule has 0 amide bonds. The Morgan fingerprint density at radius 2 is 0.962 bits per heavy atom. The molecule has 3 aromatic carbocycles. The van der Waals surface area contributed by atoms with Gasteiger partial charge in [-0.1, -0.05) is 109 Å². The van der Waals surface area contributed by atoms with E-state index in [1.807, 2.05) is 0 Å². The molecule has 0 fully saturated rings. The third-order valence-electron chi connectivity index (χ3n) is 4.72. The summed E-state index contributed by atoms with van der Waals surface area (Å²) in [4.78, 5) is 0. The summed E-state index contributed by atoms with van der Waals surface area (Å²) in [6.07, 6.45) is 9.15. The molecule has 0 nitrogen and oxygen atoms in total. The number of rotatable bonds is 4. The Hall–Kier alpha value is -3.12. The van der Waals surface area contributed by atoms with E-state index in [1.165, 1.54) is 33.4 Å². The molecule has 0 aromatic heterocycles. The fraction of sp³-hybridized carbons (Fsp3) is 0.0769. The Morgan fingerprint density at radius 3 is 1.38 bits per heavy atom. The summed E-state index contributed by atoms with van der Waals surface area (Å²) < 4.78 is 0. The first kappa shape index (κ1) is 16.4. The Morgan fingerprint density at radius 1 is 0.500 bits per heavy atom. The van der Waals surface area contributed by atoms with Crippen molar-refractivity contribution >= 4 is 11.1 Å². The summed E-state index contributed by atoms with van der Waals surface area (Å²) in [5, 5.41) is 0. The molecular weight excluding hydrogens is 312 g/mol. The number of allylic oxidation sites excluding steroid dienone is 5. The van der Waals surface area contributed by atoms with Gasteiger partial charge < -0.3 is 0 Å². The summed E-state index contributed by atoms with van der Waals surface area (Å²) in [7, 11) is 0. The monoisotopic (exact) mass is 334 g/mol. The van der Waals surface area contributed by atoms with Gasteiger partial charge in [-0.05, 0) is 46.3 Å². The van der Waals surface area contributed by atoms with Crippen molar-refractivity contribution in [3.8, 4) is 0 Å². The van der Waals surface area contributed by atoms with Crippen LogP contribution in [-0.4, -0.2) is 0 Å². The summed E-state index contributed by atoms with van der Waals surface area (Å²) in [6, 6.07) is 32.2. The lowest BCUT2D eigenvalue weighted by atomic mass is 9.84. The molecule has 126 valence electrons. The van der Waals surface area contributed by atoms with E-state index < -0.39 is 0 Å². The Bertz CT molecular complexity index is 901. The fourth-order valence-corrected chi connectivity index (χ4v) is 3.52.